The van der Waals surface area contributed by atoms with Gasteiger partial charge >= 0.3 is 5.97 Å². The Labute approximate surface area is 107 Å². The Hall–Kier alpha value is -1.99. The van der Waals surface area contributed by atoms with E-state index >= 15 is 0 Å². The number of unbranched alkanes of at least 4 members (excludes halogenated alkanes) is 1. The number of aliphatic hydroxyl groups excluding tert-OH is 1. The molecule has 0 heterocycles. The van der Waals surface area contributed by atoms with E-state index in [0.29, 0.717) is 29.7 Å². The lowest BCUT2D eigenvalue weighted by molar-refractivity contribution is 0.0600. The summed E-state index contributed by atoms with van der Waals surface area (Å²) in [6.45, 7) is 0.119. The lowest BCUT2D eigenvalue weighted by Crippen LogP contribution is -2.02. The van der Waals surface area contributed by atoms with E-state index in [2.05, 4.69) is 16.6 Å². The van der Waals surface area contributed by atoms with Gasteiger partial charge in [-0.05, 0) is 24.6 Å². The molecule has 0 radical (unpaired) electrons. The van der Waals surface area contributed by atoms with E-state index in [1.807, 2.05) is 0 Å². The minimum atomic E-state index is -0.406. The summed E-state index contributed by atoms with van der Waals surface area (Å²) in [5.41, 5.74) is 1.07. The Morgan fingerprint density at radius 3 is 2.78 bits per heavy atom. The minimum Gasteiger partial charge on any atom is -0.495 e. The summed E-state index contributed by atoms with van der Waals surface area (Å²) in [4.78, 5) is 11.4. The molecule has 1 N–H and O–H groups in total. The second-order valence-electron chi connectivity index (χ2n) is 3.54. The highest BCUT2D eigenvalue weighted by Gasteiger charge is 2.08. The monoisotopic (exact) mass is 248 g/mol. The van der Waals surface area contributed by atoms with Crippen LogP contribution in [0.25, 0.3) is 0 Å². The molecule has 0 saturated heterocycles. The number of hydrogen-bond donors (Lipinski definition) is 1. The standard InChI is InChI=1S/C14H16O4/c1-17-13-8-7-12(14(16)18-2)10-11(13)6-4-3-5-9-15/h7-8,10,15H,3,5,9H2,1-2H3. The summed E-state index contributed by atoms with van der Waals surface area (Å²) in [6, 6.07) is 4.95. The van der Waals surface area contributed by atoms with Gasteiger partial charge in [-0.3, -0.25) is 0 Å². The second-order valence-corrected chi connectivity index (χ2v) is 3.54. The first-order valence-electron chi connectivity index (χ1n) is 5.59. The first-order chi connectivity index (χ1) is 8.72. The van der Waals surface area contributed by atoms with E-state index in [1.54, 1.807) is 25.3 Å². The number of methoxy groups -OCH3 is 2. The van der Waals surface area contributed by atoms with Gasteiger partial charge in [0.25, 0.3) is 0 Å². The summed E-state index contributed by atoms with van der Waals surface area (Å²) in [5.74, 6) is 6.05. The van der Waals surface area contributed by atoms with E-state index in [4.69, 9.17) is 9.84 Å². The maximum Gasteiger partial charge on any atom is 0.337 e. The van der Waals surface area contributed by atoms with E-state index in [9.17, 15) is 4.79 Å². The van der Waals surface area contributed by atoms with Crippen LogP contribution in [0.15, 0.2) is 18.2 Å². The molecule has 1 aromatic rings. The summed E-state index contributed by atoms with van der Waals surface area (Å²) < 4.78 is 9.81. The van der Waals surface area contributed by atoms with Crippen molar-refractivity contribution in [3.05, 3.63) is 29.3 Å². The molecule has 0 aliphatic rings. The van der Waals surface area contributed by atoms with Gasteiger partial charge in [-0.2, -0.15) is 0 Å². The van der Waals surface area contributed by atoms with Crippen molar-refractivity contribution in [1.29, 1.82) is 0 Å². The number of aliphatic hydroxyl groups is 1. The highest BCUT2D eigenvalue weighted by Crippen LogP contribution is 2.19. The highest BCUT2D eigenvalue weighted by atomic mass is 16.5. The number of benzene rings is 1. The van der Waals surface area contributed by atoms with Crippen molar-refractivity contribution in [2.24, 2.45) is 0 Å². The van der Waals surface area contributed by atoms with Crippen LogP contribution in [-0.4, -0.2) is 31.9 Å². The van der Waals surface area contributed by atoms with Crippen LogP contribution in [0.3, 0.4) is 0 Å². The predicted octanol–water partition coefficient (Wildman–Crippen LogP) is 1.61. The van der Waals surface area contributed by atoms with Crippen LogP contribution < -0.4 is 4.74 Å². The molecular formula is C14H16O4. The van der Waals surface area contributed by atoms with E-state index in [-0.39, 0.29) is 6.61 Å². The zero-order valence-electron chi connectivity index (χ0n) is 10.5. The fraction of sp³-hybridized carbons (Fsp3) is 0.357. The third-order valence-electron chi connectivity index (χ3n) is 2.30. The topological polar surface area (TPSA) is 55.8 Å². The maximum atomic E-state index is 11.4. The van der Waals surface area contributed by atoms with E-state index < -0.39 is 5.97 Å². The highest BCUT2D eigenvalue weighted by molar-refractivity contribution is 5.90. The van der Waals surface area contributed by atoms with E-state index in [0.717, 1.165) is 0 Å². The molecule has 4 nitrogen and oxygen atoms in total. The molecule has 0 aliphatic carbocycles. The van der Waals surface area contributed by atoms with Crippen LogP contribution in [-0.2, 0) is 4.74 Å². The van der Waals surface area contributed by atoms with E-state index in [1.165, 1.54) is 7.11 Å². The quantitative estimate of drug-likeness (QED) is 0.499. The van der Waals surface area contributed by atoms with Crippen LogP contribution in [0.4, 0.5) is 0 Å². The molecule has 1 rings (SSSR count). The van der Waals surface area contributed by atoms with Crippen molar-refractivity contribution in [1.82, 2.24) is 0 Å². The van der Waals surface area contributed by atoms with Crippen LogP contribution in [0.5, 0.6) is 5.75 Å². The molecule has 0 atom stereocenters. The van der Waals surface area contributed by atoms with Crippen molar-refractivity contribution in [3.63, 3.8) is 0 Å². The smallest absolute Gasteiger partial charge is 0.337 e. The van der Waals surface area contributed by atoms with Gasteiger partial charge < -0.3 is 14.6 Å². The Morgan fingerprint density at radius 2 is 2.17 bits per heavy atom. The molecule has 0 amide bonds. The third-order valence-corrected chi connectivity index (χ3v) is 2.30. The average Bonchev–Trinajstić information content (AvgIpc) is 2.42. The Kier molecular flexibility index (Phi) is 5.75. The zero-order valence-corrected chi connectivity index (χ0v) is 10.5. The van der Waals surface area contributed by atoms with Crippen LogP contribution in [0, 0.1) is 11.8 Å². The first-order valence-corrected chi connectivity index (χ1v) is 5.59. The normalized spacial score (nSPS) is 9.28. The van der Waals surface area contributed by atoms with Crippen molar-refractivity contribution >= 4 is 5.97 Å². The van der Waals surface area contributed by atoms with Gasteiger partial charge in [0.2, 0.25) is 0 Å². The molecule has 96 valence electrons. The van der Waals surface area contributed by atoms with Crippen molar-refractivity contribution in [3.8, 4) is 17.6 Å². The number of ether oxygens (including phenoxy) is 2. The molecule has 18 heavy (non-hydrogen) atoms. The number of carbonyl (C=O) groups is 1. The molecule has 1 aromatic carbocycles. The Bertz CT molecular complexity index is 468. The molecule has 0 unspecified atom stereocenters. The first kappa shape index (κ1) is 14.1. The van der Waals surface area contributed by atoms with Gasteiger partial charge in [-0.25, -0.2) is 4.79 Å². The lowest BCUT2D eigenvalue weighted by Gasteiger charge is -2.05. The third kappa shape index (κ3) is 3.79. The molecule has 0 saturated carbocycles. The molecule has 0 fully saturated rings. The van der Waals surface area contributed by atoms with Crippen molar-refractivity contribution < 1.29 is 19.4 Å². The maximum absolute atomic E-state index is 11.4. The summed E-state index contributed by atoms with van der Waals surface area (Å²) in [6.07, 6.45) is 1.23. The fourth-order valence-corrected chi connectivity index (χ4v) is 1.38. The molecule has 0 aromatic heterocycles. The Morgan fingerprint density at radius 1 is 1.39 bits per heavy atom. The zero-order chi connectivity index (χ0) is 13.4. The second kappa shape index (κ2) is 7.36. The average molecular weight is 248 g/mol. The van der Waals surface area contributed by atoms with Gasteiger partial charge in [0.05, 0.1) is 25.3 Å². The molecule has 0 bridgehead atoms. The van der Waals surface area contributed by atoms with Gasteiger partial charge in [0, 0.05) is 13.0 Å². The SMILES string of the molecule is COC(=O)c1ccc(OC)c(C#CCCCO)c1. The molecule has 0 spiro atoms. The van der Waals surface area contributed by atoms with Crippen molar-refractivity contribution in [2.45, 2.75) is 12.8 Å². The lowest BCUT2D eigenvalue weighted by atomic mass is 10.1. The summed E-state index contributed by atoms with van der Waals surface area (Å²) in [7, 11) is 2.88. The van der Waals surface area contributed by atoms with Gasteiger partial charge in [0.15, 0.2) is 0 Å². The van der Waals surface area contributed by atoms with Crippen LogP contribution in [0.2, 0.25) is 0 Å². The van der Waals surface area contributed by atoms with Gasteiger partial charge in [0.1, 0.15) is 5.75 Å². The number of hydrogen-bond acceptors (Lipinski definition) is 4. The van der Waals surface area contributed by atoms with Gasteiger partial charge in [-0.1, -0.05) is 11.8 Å². The fourth-order valence-electron chi connectivity index (χ4n) is 1.38. The molecule has 0 aliphatic heterocycles. The van der Waals surface area contributed by atoms with Crippen molar-refractivity contribution in [2.75, 3.05) is 20.8 Å². The predicted molar refractivity (Wildman–Crippen MR) is 67.5 cm³/mol. The van der Waals surface area contributed by atoms with Gasteiger partial charge in [-0.15, -0.1) is 0 Å². The number of carbonyl (C=O) groups excluding carboxylic acids is 1. The number of rotatable bonds is 4. The Balaban J connectivity index is 2.97. The molecular weight excluding hydrogens is 232 g/mol. The largest absolute Gasteiger partial charge is 0.495 e. The molecule has 4 heteroatoms. The van der Waals surface area contributed by atoms with Crippen LogP contribution >= 0.6 is 0 Å². The summed E-state index contributed by atoms with van der Waals surface area (Å²) in [5, 5.41) is 8.66. The summed E-state index contributed by atoms with van der Waals surface area (Å²) >= 11 is 0. The minimum absolute atomic E-state index is 0.119. The number of esters is 1. The van der Waals surface area contributed by atoms with Crippen LogP contribution in [0.1, 0.15) is 28.8 Å².